The summed E-state index contributed by atoms with van der Waals surface area (Å²) in [5, 5.41) is 29.5. The van der Waals surface area contributed by atoms with Crippen LogP contribution in [-0.2, 0) is 63.2 Å². The Hall–Kier alpha value is -15.1. The highest BCUT2D eigenvalue weighted by atomic mass is 32.1. The Morgan fingerprint density at radius 3 is 0.973 bits per heavy atom. The van der Waals surface area contributed by atoms with Crippen molar-refractivity contribution < 1.29 is 110 Å². The zero-order valence-corrected chi connectivity index (χ0v) is 84.0. The molecule has 2 N–H and O–H groups in total. The van der Waals surface area contributed by atoms with Crippen molar-refractivity contribution in [1.82, 2.24) is 24.9 Å². The second kappa shape index (κ2) is 51.6. The minimum Gasteiger partial charge on any atom is -0.870 e. The van der Waals surface area contributed by atoms with Crippen molar-refractivity contribution >= 4 is 79.4 Å². The van der Waals surface area contributed by atoms with E-state index in [0.29, 0.717) is 72.7 Å². The van der Waals surface area contributed by atoms with Crippen LogP contribution in [0.1, 0.15) is 85.7 Å². The van der Waals surface area contributed by atoms with E-state index in [1.54, 1.807) is 163 Å². The molecule has 39 heteroatoms. The van der Waals surface area contributed by atoms with Crippen molar-refractivity contribution in [2.45, 2.75) is 63.2 Å². The average Bonchev–Trinajstić information content (AvgIpc) is 1.70. The van der Waals surface area contributed by atoms with E-state index in [1.807, 2.05) is 119 Å². The largest absolute Gasteiger partial charge is 0.870 e. The maximum atomic E-state index is 13.1. The van der Waals surface area contributed by atoms with Crippen LogP contribution in [0.3, 0.4) is 0 Å². The molecule has 12 aromatic carbocycles. The number of H-pyrrole nitrogens is 1. The molecule has 0 aliphatic heterocycles. The molecule has 18 aromatic rings. The Morgan fingerprint density at radius 1 is 0.306 bits per heavy atom. The number of methoxy groups -OCH3 is 8. The zero-order valence-electron chi connectivity index (χ0n) is 79.1. The maximum absolute atomic E-state index is 13.1. The summed E-state index contributed by atoms with van der Waals surface area (Å²) in [5.41, 5.74) is 10.3. The number of aromatic nitrogens is 6. The van der Waals surface area contributed by atoms with E-state index in [9.17, 15) is 72.1 Å². The summed E-state index contributed by atoms with van der Waals surface area (Å²) in [6.45, 7) is 0. The Labute approximate surface area is 859 Å². The fourth-order valence-corrected chi connectivity index (χ4v) is 19.7. The van der Waals surface area contributed by atoms with Gasteiger partial charge in [0.15, 0.2) is 11.5 Å². The summed E-state index contributed by atoms with van der Waals surface area (Å²) >= 11 is 8.47. The first kappa shape index (κ1) is 111. The van der Waals surface area contributed by atoms with Crippen molar-refractivity contribution in [3.8, 4) is 114 Å². The predicted octanol–water partition coefficient (Wildman–Crippen LogP) is 30.2. The molecule has 0 aliphatic carbocycles. The molecule has 18 rings (SSSR count). The van der Waals surface area contributed by atoms with Gasteiger partial charge in [0.25, 0.3) is 5.69 Å². The summed E-state index contributed by atoms with van der Waals surface area (Å²) < 4.78 is 212. The van der Waals surface area contributed by atoms with Crippen molar-refractivity contribution in [3.63, 3.8) is 0 Å². The number of alkyl halides is 12. The van der Waals surface area contributed by atoms with Crippen LogP contribution in [0.15, 0.2) is 310 Å². The van der Waals surface area contributed by atoms with Crippen LogP contribution in [0, 0.1) is 20.8 Å². The molecule has 0 bridgehead atoms. The molecule has 20 nitrogen and oxygen atoms in total. The van der Waals surface area contributed by atoms with Crippen LogP contribution in [-0.4, -0.2) is 92.2 Å². The molecule has 0 saturated heterocycles. The van der Waals surface area contributed by atoms with Crippen molar-refractivity contribution in [2.24, 2.45) is 5.18 Å². The van der Waals surface area contributed by atoms with E-state index in [4.69, 9.17) is 42.9 Å². The van der Waals surface area contributed by atoms with Gasteiger partial charge in [0.05, 0.1) is 149 Å². The number of nitro groups is 1. The predicted molar refractivity (Wildman–Crippen MR) is 546 cm³/mol. The average molecular weight is 2130 g/mol. The van der Waals surface area contributed by atoms with Crippen LogP contribution in [0.4, 0.5) is 68.5 Å². The lowest BCUT2D eigenvalue weighted by atomic mass is 10.0. The van der Waals surface area contributed by atoms with Crippen LogP contribution in [0.2, 0.25) is 0 Å². The van der Waals surface area contributed by atoms with E-state index in [-0.39, 0.29) is 64.9 Å². The number of nitrogens with zero attached hydrogens (tertiary/aromatic N) is 7. The number of halogens is 13. The van der Waals surface area contributed by atoms with E-state index in [2.05, 4.69) is 35.5 Å². The highest BCUT2D eigenvalue weighted by molar-refractivity contribution is 7.11. The van der Waals surface area contributed by atoms with E-state index < -0.39 is 51.9 Å². The first-order valence-electron chi connectivity index (χ1n) is 43.8. The van der Waals surface area contributed by atoms with Gasteiger partial charge in [-0.15, -0.1) is 61.6 Å². The zero-order chi connectivity index (χ0) is 104. The molecule has 6 aromatic heterocycles. The third-order valence-corrected chi connectivity index (χ3v) is 27.0. The van der Waals surface area contributed by atoms with E-state index in [0.717, 1.165) is 125 Å². The highest BCUT2D eigenvalue weighted by Gasteiger charge is 2.37. The number of hydrogen-bond donors (Lipinski definition) is 0. The lowest BCUT2D eigenvalue weighted by molar-refractivity contribution is -0.384. The van der Waals surface area contributed by atoms with Gasteiger partial charge in [-0.05, 0) is 197 Å². The maximum Gasteiger partial charge on any atom is 0.416 e. The standard InChI is InChI=1S/C19H16F3NO2S.C19H19NO3S.C18H14F3NOS.C18H16N2O3S.C17H11F4NS.C17H11F3N2O2S.H2O/c1-24-16-8-7-13(9-17(16)25-2)15-11-26-18(23-15)10-12-5-3-4-6-14(12)19(20,21)22;1-21-15-6-4-13(5-7-15)17-12-24-19(20-17)11-14-10-16(22-2)8-9-18(14)23-3;1-23-14-8-6-12(7-9-14)16-11-24-17(22-16)10-13-4-2-3-5-15(13)18(19,20)21;1-22-15-6-7-17(23-2)13(9-15)10-18-19-16(11-24-18)12-4-3-5-14(8-12)20-21;18-13-7-5-11(6-8-13)15-10-23-16(22-15)9-12-3-1-2-4-14(12)17(19,20)21;18-17(19,20)14-7-2-1-4-11(14)9-16-21-15(10-25-16)12-5-3-6-13(8-12)22(23)24;/h3-9,11H,10H2,1-2H3;4-10,12H,11H2,1-3H3;2-9,11H,10H2,1H3;3-9,11H,10H2,1-2H3;1-8,10H,9H2;1-8,10H,9H2;1H2. The Balaban J connectivity index is 0.000000157. The lowest BCUT2D eigenvalue weighted by Gasteiger charge is -2.11. The Bertz CT molecular complexity index is 7380. The van der Waals surface area contributed by atoms with Gasteiger partial charge in [-0.25, -0.2) is 29.3 Å². The summed E-state index contributed by atoms with van der Waals surface area (Å²) in [7, 11) is 13.0. The fraction of sp³-hybridized carbons (Fsp3) is 0.167. The number of hydrogen-bond acceptors (Lipinski definition) is 24. The number of rotatable bonds is 28. The van der Waals surface area contributed by atoms with Gasteiger partial charge >= 0.3 is 24.7 Å². The summed E-state index contributed by atoms with van der Waals surface area (Å²) in [4.78, 5) is 46.8. The molecular weight excluding hydrogens is 2040 g/mol. The van der Waals surface area contributed by atoms with Crippen molar-refractivity contribution in [1.29, 1.82) is 0 Å². The SMILES string of the molecule is COc1ccc(-c2csc(Cc3cc(OC)ccc3OC)n2)cc1.COc1ccc(-c2csc(Cc3ccccc3C(F)(F)F)n2)cc1.COc1ccc(-c2csc(Cc3ccccc3C(F)(F)F)n2)cc1OC.COc1ccc(OC)c(Cc2[nH+]c(-c3cccc(N=O)c3)cs2)c1.Fc1ccc(-c2csc(Cc3ccccc3C(F)(F)F)n2)cc1.O=[N+]([O-])c1cccc(-c2csc(Cc3ccccc3C(F)(F)F)n2)c1.[OH-]. The Kier molecular flexibility index (Phi) is 38.8. The van der Waals surface area contributed by atoms with Gasteiger partial charge in [-0.3, -0.25) is 10.1 Å². The number of nitro benzene ring substituents is 1. The number of nitrogens with one attached hydrogen (secondary N) is 1. The van der Waals surface area contributed by atoms with Crippen LogP contribution < -0.4 is 42.9 Å². The molecule has 0 saturated carbocycles. The highest BCUT2D eigenvalue weighted by Crippen LogP contribution is 2.42. The third kappa shape index (κ3) is 30.7. The van der Waals surface area contributed by atoms with E-state index in [1.165, 1.54) is 118 Å². The first-order chi connectivity index (χ1) is 70.1. The lowest BCUT2D eigenvalue weighted by Crippen LogP contribution is -2.09. The van der Waals surface area contributed by atoms with Gasteiger partial charge in [-0.1, -0.05) is 102 Å². The minimum atomic E-state index is -4.42. The van der Waals surface area contributed by atoms with Crippen molar-refractivity contribution in [3.05, 3.63) is 412 Å². The number of ether oxygens (including phenoxy) is 8. The second-order valence-corrected chi connectivity index (χ2v) is 37.0. The molecule has 0 unspecified atom stereocenters. The normalized spacial score (nSPS) is 11.1. The number of aromatic amines is 1. The molecule has 147 heavy (non-hydrogen) atoms. The number of benzene rings is 12. The topological polar surface area (TPSA) is 255 Å². The quantitative estimate of drug-likeness (QED) is 0.0191. The molecule has 0 radical (unpaired) electrons. The van der Waals surface area contributed by atoms with Gasteiger partial charge in [0, 0.05) is 116 Å². The molecule has 0 atom stereocenters. The van der Waals surface area contributed by atoms with E-state index >= 15 is 0 Å². The van der Waals surface area contributed by atoms with Crippen LogP contribution >= 0.6 is 68.0 Å². The first-order valence-corrected chi connectivity index (χ1v) is 49.1. The smallest absolute Gasteiger partial charge is 0.416 e. The number of non-ortho nitro benzene ring substituents is 1. The molecule has 0 fully saturated rings. The Morgan fingerprint density at radius 2 is 0.619 bits per heavy atom. The van der Waals surface area contributed by atoms with Gasteiger partial charge < -0.3 is 43.4 Å². The fourth-order valence-electron chi connectivity index (χ4n) is 14.7. The number of thiazole rings is 6. The van der Waals surface area contributed by atoms with Gasteiger partial charge in [0.2, 0.25) is 10.7 Å². The van der Waals surface area contributed by atoms with Gasteiger partial charge in [-0.2, -0.15) is 57.7 Å². The third-order valence-electron chi connectivity index (χ3n) is 21.9. The molecule has 0 amide bonds. The molecular formula is C108H89F13N8O12S6. The van der Waals surface area contributed by atoms with Crippen LogP contribution in [0.25, 0.3) is 67.5 Å². The number of nitroso groups, excluding NO2 is 1. The monoisotopic (exact) mass is 2130 g/mol. The second-order valence-electron chi connectivity index (χ2n) is 31.3. The molecule has 6 heterocycles. The van der Waals surface area contributed by atoms with Crippen molar-refractivity contribution in [2.75, 3.05) is 56.9 Å². The summed E-state index contributed by atoms with van der Waals surface area (Å²) in [6, 6.07) is 73.4. The summed E-state index contributed by atoms with van der Waals surface area (Å²) in [6.07, 6.45) is -15.7. The minimum absolute atomic E-state index is 0. The molecule has 0 spiro atoms. The summed E-state index contributed by atoms with van der Waals surface area (Å²) in [5.74, 6) is 5.70. The molecule has 760 valence electrons. The van der Waals surface area contributed by atoms with Gasteiger partial charge in [0.1, 0.15) is 46.0 Å². The van der Waals surface area contributed by atoms with Crippen LogP contribution in [0.5, 0.6) is 46.0 Å². The molecule has 0 aliphatic rings.